The van der Waals surface area contributed by atoms with Gasteiger partial charge in [-0.3, -0.25) is 14.5 Å². The Bertz CT molecular complexity index is 1010. The molecule has 0 saturated heterocycles. The van der Waals surface area contributed by atoms with Crippen molar-refractivity contribution in [3.63, 3.8) is 0 Å². The molecule has 7 nitrogen and oxygen atoms in total. The quantitative estimate of drug-likeness (QED) is 0.297. The maximum Gasteiger partial charge on any atom is 0.414 e. The maximum atomic E-state index is 13.0. The number of allylic oxidation sites excluding steroid dienone is 2. The molecule has 0 radical (unpaired) electrons. The van der Waals surface area contributed by atoms with E-state index in [1.807, 2.05) is 56.0 Å². The van der Waals surface area contributed by atoms with Crippen LogP contribution in [0.4, 0.5) is 16.2 Å². The number of unbranched alkanes of at least 4 members (excludes halogenated alkanes) is 1. The molecular formula is C29H41N3O4. The zero-order chi connectivity index (χ0) is 26.8. The van der Waals surface area contributed by atoms with E-state index in [1.54, 1.807) is 22.0 Å². The Morgan fingerprint density at radius 1 is 1.17 bits per heavy atom. The Kier molecular flexibility index (Phi) is 11.0. The van der Waals surface area contributed by atoms with Crippen molar-refractivity contribution in [2.75, 3.05) is 29.4 Å². The van der Waals surface area contributed by atoms with Gasteiger partial charge in [-0.15, -0.1) is 0 Å². The Balaban J connectivity index is 2.37. The monoisotopic (exact) mass is 495 g/mol. The van der Waals surface area contributed by atoms with E-state index in [0.717, 1.165) is 31.4 Å². The second-order valence-corrected chi connectivity index (χ2v) is 9.36. The van der Waals surface area contributed by atoms with Crippen LogP contribution in [0.1, 0.15) is 66.4 Å². The molecule has 0 aliphatic carbocycles. The molecule has 196 valence electrons. The lowest BCUT2D eigenvalue weighted by atomic mass is 10.0. The minimum absolute atomic E-state index is 0.0240. The van der Waals surface area contributed by atoms with Crippen molar-refractivity contribution in [2.24, 2.45) is 0 Å². The van der Waals surface area contributed by atoms with Crippen LogP contribution in [0.2, 0.25) is 0 Å². The molecule has 1 atom stereocenters. The minimum atomic E-state index is -0.440. The summed E-state index contributed by atoms with van der Waals surface area (Å²) in [4.78, 5) is 43.3. The average Bonchev–Trinajstić information content (AvgIpc) is 2.82. The number of anilines is 2. The summed E-state index contributed by atoms with van der Waals surface area (Å²) in [6.45, 7) is 16.8. The van der Waals surface area contributed by atoms with Gasteiger partial charge in [0.15, 0.2) is 0 Å². The van der Waals surface area contributed by atoms with Crippen molar-refractivity contribution in [1.29, 1.82) is 0 Å². The van der Waals surface area contributed by atoms with Crippen LogP contribution >= 0.6 is 0 Å². The van der Waals surface area contributed by atoms with Crippen LogP contribution in [-0.2, 0) is 14.3 Å². The number of benzene rings is 1. The van der Waals surface area contributed by atoms with E-state index in [0.29, 0.717) is 30.0 Å². The highest BCUT2D eigenvalue weighted by atomic mass is 16.6. The number of ether oxygens (including phenoxy) is 1. The third-order valence-corrected chi connectivity index (χ3v) is 5.93. The molecule has 0 aromatic heterocycles. The van der Waals surface area contributed by atoms with Crippen LogP contribution in [-0.4, -0.2) is 54.6 Å². The number of hydrogen-bond acceptors (Lipinski definition) is 4. The predicted octanol–water partition coefficient (Wildman–Crippen LogP) is 5.96. The lowest BCUT2D eigenvalue weighted by Gasteiger charge is -2.40. The van der Waals surface area contributed by atoms with Gasteiger partial charge >= 0.3 is 6.09 Å². The minimum Gasteiger partial charge on any atom is -0.446 e. The fourth-order valence-corrected chi connectivity index (χ4v) is 4.27. The Labute approximate surface area is 216 Å². The molecule has 1 heterocycles. The number of carbonyl (C=O) groups is 3. The maximum absolute atomic E-state index is 13.0. The van der Waals surface area contributed by atoms with E-state index < -0.39 is 6.09 Å². The highest BCUT2D eigenvalue weighted by Gasteiger charge is 2.34. The van der Waals surface area contributed by atoms with Gasteiger partial charge in [-0.05, 0) is 57.4 Å². The smallest absolute Gasteiger partial charge is 0.414 e. The topological polar surface area (TPSA) is 70.2 Å². The van der Waals surface area contributed by atoms with Crippen LogP contribution in [0.5, 0.6) is 0 Å². The highest BCUT2D eigenvalue weighted by Crippen LogP contribution is 2.37. The van der Waals surface area contributed by atoms with Gasteiger partial charge in [0, 0.05) is 32.1 Å². The van der Waals surface area contributed by atoms with Crippen molar-refractivity contribution in [1.82, 2.24) is 4.90 Å². The molecule has 1 aliphatic rings. The van der Waals surface area contributed by atoms with E-state index >= 15 is 0 Å². The van der Waals surface area contributed by atoms with Crippen molar-refractivity contribution in [2.45, 2.75) is 73.0 Å². The number of carbonyl (C=O) groups excluding carboxylic acids is 3. The molecule has 0 unspecified atom stereocenters. The number of hydrogen-bond donors (Lipinski definition) is 0. The third-order valence-electron chi connectivity index (χ3n) is 5.93. The second-order valence-electron chi connectivity index (χ2n) is 9.36. The van der Waals surface area contributed by atoms with Crippen molar-refractivity contribution in [3.8, 4) is 0 Å². The van der Waals surface area contributed by atoms with Crippen molar-refractivity contribution >= 4 is 35.4 Å². The van der Waals surface area contributed by atoms with Gasteiger partial charge in [0.1, 0.15) is 0 Å². The lowest BCUT2D eigenvalue weighted by molar-refractivity contribution is -0.127. The van der Waals surface area contributed by atoms with Gasteiger partial charge in [0.25, 0.3) is 5.91 Å². The molecule has 3 amide bonds. The van der Waals surface area contributed by atoms with E-state index in [1.165, 1.54) is 6.92 Å². The molecule has 0 saturated carbocycles. The fraction of sp³-hybridized carbons (Fsp3) is 0.483. The first-order valence-corrected chi connectivity index (χ1v) is 12.9. The van der Waals surface area contributed by atoms with Gasteiger partial charge in [-0.1, -0.05) is 51.1 Å². The van der Waals surface area contributed by atoms with Crippen LogP contribution in [0, 0.1) is 0 Å². The van der Waals surface area contributed by atoms with Gasteiger partial charge in [-0.25, -0.2) is 4.79 Å². The predicted molar refractivity (Wildman–Crippen MR) is 147 cm³/mol. The van der Waals surface area contributed by atoms with Gasteiger partial charge < -0.3 is 14.5 Å². The van der Waals surface area contributed by atoms with Crippen LogP contribution in [0.25, 0.3) is 6.08 Å². The summed E-state index contributed by atoms with van der Waals surface area (Å²) >= 11 is 0. The first-order chi connectivity index (χ1) is 17.1. The summed E-state index contributed by atoms with van der Waals surface area (Å²) in [5.74, 6) is -0.107. The summed E-state index contributed by atoms with van der Waals surface area (Å²) in [6, 6.07) is 5.42. The first kappa shape index (κ1) is 28.9. The van der Waals surface area contributed by atoms with Gasteiger partial charge in [0.05, 0.1) is 23.5 Å². The molecule has 36 heavy (non-hydrogen) atoms. The zero-order valence-corrected chi connectivity index (χ0v) is 22.6. The Morgan fingerprint density at radius 2 is 1.89 bits per heavy atom. The molecule has 0 fully saturated rings. The summed E-state index contributed by atoms with van der Waals surface area (Å²) in [5, 5.41) is 0. The molecule has 0 bridgehead atoms. The number of amides is 3. The third kappa shape index (κ3) is 7.33. The molecule has 1 aromatic rings. The summed E-state index contributed by atoms with van der Waals surface area (Å²) in [5.41, 5.74) is 2.65. The SMILES string of the molecule is C=C/C(=C\C=C\c1ccc2c(c1)N(C(=O)OC(C)C)C[C@H](C)N2C(C)=O)C(=O)N(CCC)CCCC. The molecule has 1 aliphatic heterocycles. The standard InChI is InChI=1S/C29H41N3O4/c1-8-11-18-30(17-9-2)28(34)25(10-3)14-12-13-24-15-16-26-27(19-24)31(29(35)36-21(4)5)20-22(6)32(26)23(7)33/h10,12-16,19,21-22H,3,8-9,11,17-18,20H2,1-2,4-7H3/b13-12+,25-14+/t22-/m0/s1. The summed E-state index contributed by atoms with van der Waals surface area (Å²) in [6.07, 6.45) is 9.23. The Hall–Kier alpha value is -3.35. The normalized spacial score (nSPS) is 15.8. The second kappa shape index (κ2) is 13.7. The van der Waals surface area contributed by atoms with Crippen molar-refractivity contribution < 1.29 is 19.1 Å². The molecule has 1 aromatic carbocycles. The summed E-state index contributed by atoms with van der Waals surface area (Å²) < 4.78 is 5.46. The number of nitrogens with zero attached hydrogens (tertiary/aromatic N) is 3. The number of fused-ring (bicyclic) bond motifs is 1. The largest absolute Gasteiger partial charge is 0.446 e. The molecule has 0 spiro atoms. The van der Waals surface area contributed by atoms with Gasteiger partial charge in [-0.2, -0.15) is 0 Å². The number of rotatable bonds is 10. The molecule has 7 heteroatoms. The van der Waals surface area contributed by atoms with E-state index in [2.05, 4.69) is 20.4 Å². The molecule has 2 rings (SSSR count). The van der Waals surface area contributed by atoms with Gasteiger partial charge in [0.2, 0.25) is 5.91 Å². The van der Waals surface area contributed by atoms with Crippen LogP contribution in [0.15, 0.2) is 48.6 Å². The zero-order valence-electron chi connectivity index (χ0n) is 22.6. The average molecular weight is 496 g/mol. The fourth-order valence-electron chi connectivity index (χ4n) is 4.27. The first-order valence-electron chi connectivity index (χ1n) is 12.9. The lowest BCUT2D eigenvalue weighted by Crippen LogP contribution is -2.51. The van der Waals surface area contributed by atoms with E-state index in [9.17, 15) is 14.4 Å². The van der Waals surface area contributed by atoms with Crippen LogP contribution < -0.4 is 9.80 Å². The van der Waals surface area contributed by atoms with Crippen LogP contribution in [0.3, 0.4) is 0 Å². The van der Waals surface area contributed by atoms with E-state index in [-0.39, 0.29) is 24.0 Å². The summed E-state index contributed by atoms with van der Waals surface area (Å²) in [7, 11) is 0. The molecule has 0 N–H and O–H groups in total. The Morgan fingerprint density at radius 3 is 2.47 bits per heavy atom. The molecular weight excluding hydrogens is 454 g/mol. The highest BCUT2D eigenvalue weighted by molar-refractivity contribution is 6.02. The van der Waals surface area contributed by atoms with Crippen molar-refractivity contribution in [3.05, 3.63) is 54.1 Å². The van der Waals surface area contributed by atoms with E-state index in [4.69, 9.17) is 4.74 Å².